The van der Waals surface area contributed by atoms with E-state index in [1.807, 2.05) is 24.3 Å². The molecule has 1 aliphatic heterocycles. The van der Waals surface area contributed by atoms with Crippen molar-refractivity contribution >= 4 is 21.8 Å². The average Bonchev–Trinajstić information content (AvgIpc) is 3.14. The smallest absolute Gasteiger partial charge is 0.293 e. The van der Waals surface area contributed by atoms with Crippen LogP contribution in [0.15, 0.2) is 33.7 Å². The molecule has 124 valence electrons. The second kappa shape index (κ2) is 5.56. The van der Waals surface area contributed by atoms with Crippen LogP contribution in [-0.2, 0) is 9.47 Å². The van der Waals surface area contributed by atoms with E-state index in [2.05, 4.69) is 33.1 Å². The summed E-state index contributed by atoms with van der Waals surface area (Å²) in [6, 6.07) is 12.0. The molecule has 2 N–H and O–H groups in total. The maximum atomic E-state index is 10.1. The van der Waals surface area contributed by atoms with Gasteiger partial charge >= 0.3 is 0 Å². The summed E-state index contributed by atoms with van der Waals surface area (Å²) < 4.78 is 12.4. The van der Waals surface area contributed by atoms with Crippen molar-refractivity contribution in [2.75, 3.05) is 13.2 Å². The molecule has 0 amide bonds. The predicted octanol–water partition coefficient (Wildman–Crippen LogP) is 2.66. The van der Waals surface area contributed by atoms with Crippen molar-refractivity contribution in [3.8, 4) is 12.1 Å². The largest absolute Gasteiger partial charge is 0.386 e. The van der Waals surface area contributed by atoms with E-state index in [4.69, 9.17) is 15.2 Å². The van der Waals surface area contributed by atoms with Crippen molar-refractivity contribution in [2.45, 2.75) is 25.7 Å². The van der Waals surface area contributed by atoms with Gasteiger partial charge in [-0.05, 0) is 25.5 Å². The Bertz CT molecular complexity index is 791. The van der Waals surface area contributed by atoms with E-state index in [1.54, 1.807) is 13.8 Å². The van der Waals surface area contributed by atoms with E-state index in [0.717, 1.165) is 10.0 Å². The van der Waals surface area contributed by atoms with Crippen LogP contribution in [0.4, 0.5) is 0 Å². The number of nitriles is 2. The summed E-state index contributed by atoms with van der Waals surface area (Å²) in [5.74, 6) is -1.95. The van der Waals surface area contributed by atoms with Crippen molar-refractivity contribution in [1.82, 2.24) is 0 Å². The fourth-order valence-electron chi connectivity index (χ4n) is 3.93. The molecule has 3 atom stereocenters. The van der Waals surface area contributed by atoms with Gasteiger partial charge in [-0.1, -0.05) is 34.1 Å². The van der Waals surface area contributed by atoms with Gasteiger partial charge in [-0.2, -0.15) is 10.5 Å². The fraction of sp³-hybridized carbons (Fsp3) is 0.471. The van der Waals surface area contributed by atoms with Crippen LogP contribution >= 0.6 is 15.9 Å². The number of hydrogen-bond acceptors (Lipinski definition) is 6. The first kappa shape index (κ1) is 16.9. The summed E-state index contributed by atoms with van der Waals surface area (Å²) in [4.78, 5) is 4.31. The van der Waals surface area contributed by atoms with Gasteiger partial charge in [0.05, 0.1) is 12.1 Å². The lowest BCUT2D eigenvalue weighted by atomic mass is 9.93. The Morgan fingerprint density at radius 2 is 1.83 bits per heavy atom. The molecule has 0 aromatic heterocycles. The molecule has 3 rings (SSSR count). The molecule has 1 heterocycles. The number of hydrogen-bond donors (Lipinski definition) is 1. The van der Waals surface area contributed by atoms with Gasteiger partial charge in [-0.3, -0.25) is 0 Å². The number of fused-ring (bicyclic) bond motifs is 1. The topological polar surface area (TPSA) is 104 Å². The molecule has 1 fully saturated rings. The lowest BCUT2D eigenvalue weighted by Gasteiger charge is -2.31. The predicted molar refractivity (Wildman–Crippen MR) is 90.6 cm³/mol. The van der Waals surface area contributed by atoms with Gasteiger partial charge < -0.3 is 15.2 Å². The monoisotopic (exact) mass is 388 g/mol. The first-order valence-corrected chi connectivity index (χ1v) is 8.51. The lowest BCUT2D eigenvalue weighted by molar-refractivity contribution is -0.255. The van der Waals surface area contributed by atoms with Crippen molar-refractivity contribution in [1.29, 1.82) is 10.5 Å². The second-order valence-corrected chi connectivity index (χ2v) is 6.59. The van der Waals surface area contributed by atoms with Crippen LogP contribution in [0.1, 0.15) is 25.3 Å². The summed E-state index contributed by atoms with van der Waals surface area (Å²) >= 11 is 3.51. The SMILES string of the molecule is CCOC1(OCC)N=C(N)[C@]2(C#N)[C@H](c3ccccc3Br)[C@]12C#N. The third-order valence-electron chi connectivity index (χ3n) is 4.82. The average molecular weight is 389 g/mol. The summed E-state index contributed by atoms with van der Waals surface area (Å²) in [6.07, 6.45) is 0. The number of nitrogens with two attached hydrogens (primary N) is 1. The Morgan fingerprint density at radius 1 is 1.21 bits per heavy atom. The minimum absolute atomic E-state index is 0.0919. The van der Waals surface area contributed by atoms with Crippen molar-refractivity contribution in [3.05, 3.63) is 34.3 Å². The number of benzene rings is 1. The van der Waals surface area contributed by atoms with Gasteiger partial charge in [-0.25, -0.2) is 4.99 Å². The van der Waals surface area contributed by atoms with Crippen molar-refractivity contribution in [2.24, 2.45) is 21.6 Å². The van der Waals surface area contributed by atoms with E-state index in [-0.39, 0.29) is 19.0 Å². The highest BCUT2D eigenvalue weighted by Crippen LogP contribution is 2.82. The number of ether oxygens (including phenoxy) is 2. The molecular formula is C17H17BrN4O2. The summed E-state index contributed by atoms with van der Waals surface area (Å²) in [7, 11) is 0. The Labute approximate surface area is 149 Å². The van der Waals surface area contributed by atoms with Crippen LogP contribution in [0.3, 0.4) is 0 Å². The normalized spacial score (nSPS) is 32.4. The first-order valence-electron chi connectivity index (χ1n) is 7.72. The second-order valence-electron chi connectivity index (χ2n) is 5.74. The molecule has 1 aromatic rings. The fourth-order valence-corrected chi connectivity index (χ4v) is 4.44. The van der Waals surface area contributed by atoms with Gasteiger partial charge in [-0.15, -0.1) is 0 Å². The molecule has 1 aliphatic carbocycles. The number of halogens is 1. The highest BCUT2D eigenvalue weighted by molar-refractivity contribution is 9.10. The van der Waals surface area contributed by atoms with Crippen molar-refractivity contribution < 1.29 is 9.47 Å². The van der Waals surface area contributed by atoms with E-state index >= 15 is 0 Å². The standard InChI is InChI=1S/C17H17BrN4O2/c1-3-23-17(24-4-2)16(10-20)13(11-7-5-6-8-12(11)18)15(16,9-19)14(21)22-17/h5-8,13H,3-4H2,1-2H3,(H2,21,22)/t13-,15-,16-/m0/s1. The summed E-state index contributed by atoms with van der Waals surface area (Å²) in [5, 5.41) is 20.0. The van der Waals surface area contributed by atoms with Gasteiger partial charge in [0.25, 0.3) is 5.91 Å². The van der Waals surface area contributed by atoms with Crippen LogP contribution in [0.2, 0.25) is 0 Å². The van der Waals surface area contributed by atoms with Crippen LogP contribution < -0.4 is 5.73 Å². The number of amidine groups is 1. The maximum Gasteiger partial charge on any atom is 0.293 e. The number of aliphatic imine (C=N–C) groups is 1. The lowest BCUT2D eigenvalue weighted by Crippen LogP contribution is -2.43. The molecule has 1 aromatic carbocycles. The Kier molecular flexibility index (Phi) is 3.92. The van der Waals surface area contributed by atoms with E-state index in [1.165, 1.54) is 0 Å². The van der Waals surface area contributed by atoms with Crippen molar-refractivity contribution in [3.63, 3.8) is 0 Å². The third kappa shape index (κ3) is 1.67. The van der Waals surface area contributed by atoms with Crippen LogP contribution in [-0.4, -0.2) is 25.0 Å². The minimum Gasteiger partial charge on any atom is -0.386 e. The summed E-state index contributed by atoms with van der Waals surface area (Å²) in [5.41, 5.74) is 4.40. The molecule has 2 aliphatic rings. The number of nitrogens with zero attached hydrogens (tertiary/aromatic N) is 3. The summed E-state index contributed by atoms with van der Waals surface area (Å²) in [6.45, 7) is 4.15. The van der Waals surface area contributed by atoms with E-state index in [9.17, 15) is 10.5 Å². The van der Waals surface area contributed by atoms with Gasteiger partial charge in [0.15, 0.2) is 5.41 Å². The van der Waals surface area contributed by atoms with Gasteiger partial charge in [0.1, 0.15) is 11.3 Å². The van der Waals surface area contributed by atoms with Crippen LogP contribution in [0, 0.1) is 33.5 Å². The van der Waals surface area contributed by atoms with Crippen LogP contribution in [0.5, 0.6) is 0 Å². The zero-order valence-corrected chi connectivity index (χ0v) is 15.0. The molecule has 0 spiro atoms. The molecule has 7 heteroatoms. The molecule has 1 saturated carbocycles. The number of rotatable bonds is 5. The molecule has 0 saturated heterocycles. The molecule has 24 heavy (non-hydrogen) atoms. The quantitative estimate of drug-likeness (QED) is 0.780. The molecule has 0 bridgehead atoms. The Balaban J connectivity index is 2.25. The zero-order valence-electron chi connectivity index (χ0n) is 13.4. The van der Waals surface area contributed by atoms with E-state index < -0.39 is 22.7 Å². The minimum atomic E-state index is -1.56. The third-order valence-corrected chi connectivity index (χ3v) is 5.55. The highest BCUT2D eigenvalue weighted by Gasteiger charge is 2.93. The Hall–Kier alpha value is -1.93. The first-order chi connectivity index (χ1) is 11.5. The zero-order chi connectivity index (χ0) is 17.6. The maximum absolute atomic E-state index is 10.1. The highest BCUT2D eigenvalue weighted by atomic mass is 79.9. The molecular weight excluding hydrogens is 372 g/mol. The Morgan fingerprint density at radius 3 is 2.33 bits per heavy atom. The van der Waals surface area contributed by atoms with Gasteiger partial charge in [0.2, 0.25) is 0 Å². The van der Waals surface area contributed by atoms with Crippen LogP contribution in [0.25, 0.3) is 0 Å². The molecule has 6 nitrogen and oxygen atoms in total. The molecule has 0 radical (unpaired) electrons. The molecule has 0 unspecified atom stereocenters. The van der Waals surface area contributed by atoms with E-state index in [0.29, 0.717) is 0 Å². The van der Waals surface area contributed by atoms with Gasteiger partial charge in [0, 0.05) is 23.6 Å².